The summed E-state index contributed by atoms with van der Waals surface area (Å²) >= 11 is 1.32. The average molecular weight is 652 g/mol. The number of aryl methyl sites for hydroxylation is 1. The van der Waals surface area contributed by atoms with E-state index >= 15 is 13.2 Å². The highest BCUT2D eigenvalue weighted by molar-refractivity contribution is 7.11. The number of fused-ring (bicyclic) bond motifs is 1. The molecule has 14 heteroatoms. The van der Waals surface area contributed by atoms with Gasteiger partial charge in [0.25, 0.3) is 5.92 Å². The van der Waals surface area contributed by atoms with Crippen LogP contribution in [0, 0.1) is 25.1 Å². The van der Waals surface area contributed by atoms with Crippen LogP contribution in [0.5, 0.6) is 0 Å². The first kappa shape index (κ1) is 33.0. The Morgan fingerprint density at radius 2 is 2.00 bits per heavy atom. The molecular formula is C31H37F4N5O4S. The van der Waals surface area contributed by atoms with Gasteiger partial charge >= 0.3 is 11.9 Å². The van der Waals surface area contributed by atoms with Crippen LogP contribution in [0.3, 0.4) is 0 Å². The Hall–Kier alpha value is -3.36. The predicted octanol–water partition coefficient (Wildman–Crippen LogP) is 4.65. The lowest BCUT2D eigenvalue weighted by Crippen LogP contribution is -2.50. The number of rotatable bonds is 10. The summed E-state index contributed by atoms with van der Waals surface area (Å²) in [5.41, 5.74) is 0.0691. The lowest BCUT2D eigenvalue weighted by molar-refractivity contribution is -0.151. The van der Waals surface area contributed by atoms with Crippen molar-refractivity contribution < 1.29 is 37.0 Å². The van der Waals surface area contributed by atoms with Gasteiger partial charge in [-0.05, 0) is 58.2 Å². The number of carbonyl (C=O) groups excluding carboxylic acids is 1. The van der Waals surface area contributed by atoms with Crippen molar-refractivity contribution in [2.75, 3.05) is 32.8 Å². The molecule has 0 amide bonds. The number of carbonyl (C=O) groups is 2. The van der Waals surface area contributed by atoms with E-state index in [1.54, 1.807) is 24.8 Å². The number of aliphatic imine (C=N–C) groups is 1. The summed E-state index contributed by atoms with van der Waals surface area (Å²) in [6.07, 6.45) is -1.57. The van der Waals surface area contributed by atoms with E-state index in [0.29, 0.717) is 22.8 Å². The molecule has 9 nitrogen and oxygen atoms in total. The molecule has 3 aliphatic heterocycles. The zero-order valence-electron chi connectivity index (χ0n) is 25.7. The molecule has 0 radical (unpaired) electrons. The fourth-order valence-corrected chi connectivity index (χ4v) is 7.03. The molecule has 0 unspecified atom stereocenters. The second kappa shape index (κ2) is 12.4. The Morgan fingerprint density at radius 3 is 2.64 bits per heavy atom. The van der Waals surface area contributed by atoms with Crippen LogP contribution >= 0.6 is 11.3 Å². The number of halogens is 4. The van der Waals surface area contributed by atoms with Gasteiger partial charge in [0.05, 0.1) is 30.2 Å². The largest absolute Gasteiger partial charge is 0.481 e. The Balaban J connectivity index is 1.53. The van der Waals surface area contributed by atoms with Crippen LogP contribution in [-0.4, -0.2) is 94.6 Å². The van der Waals surface area contributed by atoms with Crippen molar-refractivity contribution in [2.24, 2.45) is 10.4 Å². The van der Waals surface area contributed by atoms with Gasteiger partial charge in [-0.15, -0.1) is 11.3 Å². The van der Waals surface area contributed by atoms with Crippen molar-refractivity contribution in [2.45, 2.75) is 71.3 Å². The van der Waals surface area contributed by atoms with Gasteiger partial charge in [-0.3, -0.25) is 19.6 Å². The summed E-state index contributed by atoms with van der Waals surface area (Å²) in [6, 6.07) is 1.46. The zero-order chi connectivity index (χ0) is 32.8. The molecule has 1 aromatic carbocycles. The van der Waals surface area contributed by atoms with E-state index in [4.69, 9.17) is 9.73 Å². The Bertz CT molecular complexity index is 1540. The molecular weight excluding hydrogens is 614 g/mol. The molecule has 0 aliphatic carbocycles. The third-order valence-electron chi connectivity index (χ3n) is 8.92. The van der Waals surface area contributed by atoms with Crippen molar-refractivity contribution in [1.29, 1.82) is 0 Å². The minimum absolute atomic E-state index is 0.0469. The second-order valence-corrected chi connectivity index (χ2v) is 13.2. The third kappa shape index (κ3) is 6.24. The van der Waals surface area contributed by atoms with Gasteiger partial charge in [0.15, 0.2) is 10.8 Å². The molecule has 244 valence electrons. The molecule has 0 saturated carbocycles. The van der Waals surface area contributed by atoms with Crippen LogP contribution in [0.4, 0.5) is 17.6 Å². The van der Waals surface area contributed by atoms with Gasteiger partial charge < -0.3 is 15.2 Å². The number of hydrogen-bond acceptors (Lipinski definition) is 9. The van der Waals surface area contributed by atoms with Gasteiger partial charge in [0.1, 0.15) is 18.0 Å². The minimum atomic E-state index is -3.24. The molecule has 2 fully saturated rings. The van der Waals surface area contributed by atoms with E-state index in [-0.39, 0.29) is 36.5 Å². The first-order chi connectivity index (χ1) is 21.1. The van der Waals surface area contributed by atoms with Crippen molar-refractivity contribution in [3.05, 3.63) is 62.5 Å². The highest BCUT2D eigenvalue weighted by atomic mass is 32.1. The van der Waals surface area contributed by atoms with E-state index in [1.165, 1.54) is 42.2 Å². The number of nitrogens with zero attached hydrogens (tertiary/aromatic N) is 4. The third-order valence-corrected chi connectivity index (χ3v) is 9.89. The number of esters is 1. The highest BCUT2D eigenvalue weighted by Crippen LogP contribution is 2.43. The number of aliphatic carboxylic acids is 1. The number of alkyl halides is 3. The highest BCUT2D eigenvalue weighted by Gasteiger charge is 2.60. The van der Waals surface area contributed by atoms with E-state index in [9.17, 15) is 19.1 Å². The van der Waals surface area contributed by atoms with Crippen molar-refractivity contribution >= 4 is 29.1 Å². The maximum atomic E-state index is 15.7. The maximum absolute atomic E-state index is 15.7. The molecule has 0 bridgehead atoms. The Kier molecular flexibility index (Phi) is 9.13. The number of amidine groups is 1. The van der Waals surface area contributed by atoms with Crippen LogP contribution in [-0.2, 0) is 14.3 Å². The summed E-state index contributed by atoms with van der Waals surface area (Å²) < 4.78 is 66.7. The minimum Gasteiger partial charge on any atom is -0.481 e. The molecule has 3 aliphatic rings. The zero-order valence-corrected chi connectivity index (χ0v) is 26.6. The number of ether oxygens (including phenoxy) is 1. The number of carboxylic acids is 1. The standard InChI is InChI=1S/C31H37F4N5O4S/c1-6-44-28(41)23-20(37-26(27-36-16(2)14-45-27)38-24(23)18-8-7-9-19(32)17(18)3)12-40-15-31(34,35)25-21(40)10-11-39(25)13-22(33)30(4,5)29(42)43/h7-9,14,21-22,24-25H,6,10-13,15H2,1-5H3,(H,37,38)(H,42,43)/t21-,22-,24-,25+/m0/s1. The van der Waals surface area contributed by atoms with Gasteiger partial charge in [-0.1, -0.05) is 12.1 Å². The number of carboxylic acid groups (broad SMARTS) is 1. The first-order valence-electron chi connectivity index (χ1n) is 14.8. The average Bonchev–Trinajstić information content (AvgIpc) is 3.66. The second-order valence-electron chi connectivity index (χ2n) is 12.3. The first-order valence-corrected chi connectivity index (χ1v) is 15.7. The van der Waals surface area contributed by atoms with Gasteiger partial charge in [-0.2, -0.15) is 0 Å². The van der Waals surface area contributed by atoms with Crippen LogP contribution in [0.25, 0.3) is 0 Å². The number of hydrogen-bond donors (Lipinski definition) is 2. The molecule has 4 atom stereocenters. The number of nitrogens with one attached hydrogen (secondary N) is 1. The molecule has 45 heavy (non-hydrogen) atoms. The lowest BCUT2D eigenvalue weighted by Gasteiger charge is -2.33. The Morgan fingerprint density at radius 1 is 1.27 bits per heavy atom. The molecule has 0 spiro atoms. The lowest BCUT2D eigenvalue weighted by atomic mass is 9.87. The summed E-state index contributed by atoms with van der Waals surface area (Å²) in [5, 5.41) is 15.0. The van der Waals surface area contributed by atoms with Crippen LogP contribution < -0.4 is 5.32 Å². The Labute approximate surface area is 263 Å². The van der Waals surface area contributed by atoms with Crippen molar-refractivity contribution in [3.63, 3.8) is 0 Å². The molecule has 4 heterocycles. The monoisotopic (exact) mass is 651 g/mol. The summed E-state index contributed by atoms with van der Waals surface area (Å²) in [7, 11) is 0. The fraction of sp³-hybridized carbons (Fsp3) is 0.548. The van der Waals surface area contributed by atoms with E-state index in [0.717, 1.165) is 5.69 Å². The molecule has 2 N–H and O–H groups in total. The predicted molar refractivity (Wildman–Crippen MR) is 161 cm³/mol. The van der Waals surface area contributed by atoms with Crippen molar-refractivity contribution in [3.8, 4) is 0 Å². The smallest absolute Gasteiger partial charge is 0.338 e. The summed E-state index contributed by atoms with van der Waals surface area (Å²) in [6.45, 7) is 6.51. The number of aromatic nitrogens is 1. The van der Waals surface area contributed by atoms with Crippen LogP contribution in [0.15, 0.2) is 39.8 Å². The number of benzene rings is 1. The summed E-state index contributed by atoms with van der Waals surface area (Å²) in [4.78, 5) is 37.3. The van der Waals surface area contributed by atoms with E-state index in [2.05, 4.69) is 10.3 Å². The summed E-state index contributed by atoms with van der Waals surface area (Å²) in [5.74, 6) is -5.46. The van der Waals surface area contributed by atoms with Gasteiger partial charge in [-0.25, -0.2) is 27.3 Å². The van der Waals surface area contributed by atoms with Crippen LogP contribution in [0.2, 0.25) is 0 Å². The molecule has 5 rings (SSSR count). The molecule has 2 aromatic rings. The molecule has 2 saturated heterocycles. The number of likely N-dealkylation sites (tertiary alicyclic amines) is 2. The number of thiazole rings is 1. The van der Waals surface area contributed by atoms with E-state index < -0.39 is 66.5 Å². The maximum Gasteiger partial charge on any atom is 0.338 e. The SMILES string of the molecule is CCOC(=O)C1=C(CN2CC(F)(F)[C@H]3[C@@H]2CCN3C[C@H](F)C(C)(C)C(=O)O)NC(c2nc(C)cs2)=N[C@H]1c1cccc(F)c1C. The van der Waals surface area contributed by atoms with Crippen molar-refractivity contribution in [1.82, 2.24) is 20.1 Å². The molecule has 1 aromatic heterocycles. The quantitative estimate of drug-likeness (QED) is 0.283. The fourth-order valence-electron chi connectivity index (χ4n) is 6.29. The van der Waals surface area contributed by atoms with Gasteiger partial charge in [0.2, 0.25) is 0 Å². The normalized spacial score (nSPS) is 24.3. The van der Waals surface area contributed by atoms with Crippen LogP contribution in [0.1, 0.15) is 55.1 Å². The van der Waals surface area contributed by atoms with Gasteiger partial charge in [0, 0.05) is 42.4 Å². The van der Waals surface area contributed by atoms with E-state index in [1.807, 2.05) is 12.3 Å². The topological polar surface area (TPSA) is 107 Å².